The standard InChI is InChI=1S/C8H12BrN3OS/c1-5(3-4-9)10-8(13)7-6(2)11-12-14-7/h5H,3-4H2,1-2H3,(H,10,13). The first-order chi connectivity index (χ1) is 6.65. The van der Waals surface area contributed by atoms with E-state index in [1.807, 2.05) is 6.92 Å². The lowest BCUT2D eigenvalue weighted by atomic mass is 10.2. The maximum absolute atomic E-state index is 11.6. The average Bonchev–Trinajstić information content (AvgIpc) is 2.51. The number of aryl methyl sites for hydroxylation is 1. The maximum Gasteiger partial charge on any atom is 0.265 e. The summed E-state index contributed by atoms with van der Waals surface area (Å²) in [6.45, 7) is 3.76. The summed E-state index contributed by atoms with van der Waals surface area (Å²) in [7, 11) is 0. The molecular formula is C8H12BrN3OS. The SMILES string of the molecule is Cc1nnsc1C(=O)NC(C)CCBr. The molecular weight excluding hydrogens is 266 g/mol. The van der Waals surface area contributed by atoms with Gasteiger partial charge in [-0.05, 0) is 31.8 Å². The highest BCUT2D eigenvalue weighted by molar-refractivity contribution is 9.09. The van der Waals surface area contributed by atoms with Crippen LogP contribution in [0.15, 0.2) is 0 Å². The molecule has 1 aromatic heterocycles. The van der Waals surface area contributed by atoms with Crippen LogP contribution in [0.25, 0.3) is 0 Å². The summed E-state index contributed by atoms with van der Waals surface area (Å²) in [5.74, 6) is -0.0778. The van der Waals surface area contributed by atoms with E-state index < -0.39 is 0 Å². The topological polar surface area (TPSA) is 54.9 Å². The molecule has 0 saturated heterocycles. The summed E-state index contributed by atoms with van der Waals surface area (Å²) in [6, 6.07) is 0.170. The zero-order chi connectivity index (χ0) is 10.6. The quantitative estimate of drug-likeness (QED) is 0.854. The van der Waals surface area contributed by atoms with Crippen molar-refractivity contribution in [3.05, 3.63) is 10.6 Å². The Kier molecular flexibility index (Phi) is 4.47. The minimum atomic E-state index is -0.0778. The molecule has 0 radical (unpaired) electrons. The van der Waals surface area contributed by atoms with Gasteiger partial charge < -0.3 is 5.32 Å². The summed E-state index contributed by atoms with van der Waals surface area (Å²) >= 11 is 4.46. The largest absolute Gasteiger partial charge is 0.349 e. The molecule has 1 rings (SSSR count). The molecule has 1 amide bonds. The van der Waals surface area contributed by atoms with E-state index in [0.29, 0.717) is 10.6 Å². The van der Waals surface area contributed by atoms with Crippen LogP contribution in [0.3, 0.4) is 0 Å². The number of carbonyl (C=O) groups is 1. The highest BCUT2D eigenvalue weighted by atomic mass is 79.9. The Hall–Kier alpha value is -0.490. The predicted molar refractivity (Wildman–Crippen MR) is 60.0 cm³/mol. The Balaban J connectivity index is 2.55. The molecule has 0 bridgehead atoms. The van der Waals surface area contributed by atoms with Gasteiger partial charge in [0.1, 0.15) is 4.88 Å². The average molecular weight is 278 g/mol. The Morgan fingerprint density at radius 2 is 2.43 bits per heavy atom. The fourth-order valence-corrected chi connectivity index (χ4v) is 2.21. The molecule has 0 spiro atoms. The van der Waals surface area contributed by atoms with Crippen molar-refractivity contribution in [2.45, 2.75) is 26.3 Å². The second-order valence-corrected chi connectivity index (χ2v) is 4.59. The first-order valence-electron chi connectivity index (χ1n) is 4.31. The first kappa shape index (κ1) is 11.6. The molecule has 0 aliphatic rings. The summed E-state index contributed by atoms with van der Waals surface area (Å²) in [6.07, 6.45) is 0.914. The Labute approximate surface area is 95.4 Å². The lowest BCUT2D eigenvalue weighted by Gasteiger charge is -2.10. The lowest BCUT2D eigenvalue weighted by molar-refractivity contribution is 0.0943. The fourth-order valence-electron chi connectivity index (χ4n) is 0.965. The maximum atomic E-state index is 11.6. The molecule has 0 fully saturated rings. The molecule has 78 valence electrons. The summed E-state index contributed by atoms with van der Waals surface area (Å²) in [5, 5.41) is 7.56. The number of rotatable bonds is 4. The number of hydrogen-bond acceptors (Lipinski definition) is 4. The number of amides is 1. The second-order valence-electron chi connectivity index (χ2n) is 3.04. The van der Waals surface area contributed by atoms with Gasteiger partial charge in [-0.1, -0.05) is 20.4 Å². The molecule has 1 heterocycles. The van der Waals surface area contributed by atoms with Gasteiger partial charge >= 0.3 is 0 Å². The normalized spacial score (nSPS) is 12.5. The molecule has 1 atom stereocenters. The number of aromatic nitrogens is 2. The summed E-state index contributed by atoms with van der Waals surface area (Å²) in [4.78, 5) is 12.2. The van der Waals surface area contributed by atoms with Crippen molar-refractivity contribution < 1.29 is 4.79 Å². The van der Waals surface area contributed by atoms with Crippen molar-refractivity contribution in [2.75, 3.05) is 5.33 Å². The van der Waals surface area contributed by atoms with Crippen LogP contribution in [0.4, 0.5) is 0 Å². The number of halogens is 1. The molecule has 0 saturated carbocycles. The highest BCUT2D eigenvalue weighted by Gasteiger charge is 2.14. The van der Waals surface area contributed by atoms with Gasteiger partial charge in [-0.3, -0.25) is 4.79 Å². The molecule has 6 heteroatoms. The van der Waals surface area contributed by atoms with Gasteiger partial charge in [-0.25, -0.2) is 0 Å². The molecule has 14 heavy (non-hydrogen) atoms. The third-order valence-corrected chi connectivity index (χ3v) is 3.06. The van der Waals surface area contributed by atoms with E-state index in [9.17, 15) is 4.79 Å². The molecule has 1 aromatic rings. The number of nitrogens with one attached hydrogen (secondary N) is 1. The van der Waals surface area contributed by atoms with Crippen LogP contribution in [0.5, 0.6) is 0 Å². The zero-order valence-corrected chi connectivity index (χ0v) is 10.5. The number of alkyl halides is 1. The third kappa shape index (κ3) is 3.02. The number of hydrogen-bond donors (Lipinski definition) is 1. The van der Waals surface area contributed by atoms with Crippen molar-refractivity contribution in [2.24, 2.45) is 0 Å². The minimum absolute atomic E-state index is 0.0778. The van der Waals surface area contributed by atoms with Gasteiger partial charge in [0.15, 0.2) is 0 Å². The Morgan fingerprint density at radius 3 is 2.93 bits per heavy atom. The first-order valence-corrected chi connectivity index (χ1v) is 6.20. The molecule has 1 unspecified atom stereocenters. The predicted octanol–water partition coefficient (Wildman–Crippen LogP) is 1.75. The monoisotopic (exact) mass is 277 g/mol. The second kappa shape index (κ2) is 5.41. The minimum Gasteiger partial charge on any atom is -0.349 e. The molecule has 0 aliphatic heterocycles. The van der Waals surface area contributed by atoms with Gasteiger partial charge in [-0.2, -0.15) is 0 Å². The van der Waals surface area contributed by atoms with Crippen LogP contribution >= 0.6 is 27.5 Å². The third-order valence-electron chi connectivity index (χ3n) is 1.78. The lowest BCUT2D eigenvalue weighted by Crippen LogP contribution is -2.32. The van der Waals surface area contributed by atoms with Crippen molar-refractivity contribution in [1.82, 2.24) is 14.9 Å². The van der Waals surface area contributed by atoms with Crippen molar-refractivity contribution in [1.29, 1.82) is 0 Å². The van der Waals surface area contributed by atoms with E-state index in [2.05, 4.69) is 30.8 Å². The molecule has 1 N–H and O–H groups in total. The van der Waals surface area contributed by atoms with E-state index in [-0.39, 0.29) is 11.9 Å². The van der Waals surface area contributed by atoms with E-state index in [4.69, 9.17) is 0 Å². The molecule has 0 aliphatic carbocycles. The molecule has 4 nitrogen and oxygen atoms in total. The van der Waals surface area contributed by atoms with Crippen LogP contribution in [0.1, 0.15) is 28.7 Å². The van der Waals surface area contributed by atoms with Gasteiger partial charge in [0.05, 0.1) is 5.69 Å². The van der Waals surface area contributed by atoms with Crippen LogP contribution in [0.2, 0.25) is 0 Å². The van der Waals surface area contributed by atoms with Gasteiger partial charge in [0.25, 0.3) is 5.91 Å². The van der Waals surface area contributed by atoms with Crippen molar-refractivity contribution in [3.8, 4) is 0 Å². The van der Waals surface area contributed by atoms with Crippen LogP contribution in [0, 0.1) is 6.92 Å². The van der Waals surface area contributed by atoms with Crippen LogP contribution in [-0.2, 0) is 0 Å². The van der Waals surface area contributed by atoms with E-state index in [1.54, 1.807) is 6.92 Å². The fraction of sp³-hybridized carbons (Fsp3) is 0.625. The zero-order valence-electron chi connectivity index (χ0n) is 8.08. The van der Waals surface area contributed by atoms with Gasteiger partial charge in [0, 0.05) is 11.4 Å². The number of nitrogens with zero attached hydrogens (tertiary/aromatic N) is 2. The number of carbonyl (C=O) groups excluding carboxylic acids is 1. The van der Waals surface area contributed by atoms with Gasteiger partial charge in [0.2, 0.25) is 0 Å². The van der Waals surface area contributed by atoms with Crippen LogP contribution < -0.4 is 5.32 Å². The van der Waals surface area contributed by atoms with E-state index >= 15 is 0 Å². The van der Waals surface area contributed by atoms with Crippen molar-refractivity contribution >= 4 is 33.4 Å². The van der Waals surface area contributed by atoms with Crippen molar-refractivity contribution in [3.63, 3.8) is 0 Å². The van der Waals surface area contributed by atoms with Gasteiger partial charge in [-0.15, -0.1) is 5.10 Å². The van der Waals surface area contributed by atoms with E-state index in [1.165, 1.54) is 0 Å². The molecule has 0 aromatic carbocycles. The highest BCUT2D eigenvalue weighted by Crippen LogP contribution is 2.09. The van der Waals surface area contributed by atoms with Crippen LogP contribution in [-0.4, -0.2) is 26.9 Å². The van der Waals surface area contributed by atoms with E-state index in [0.717, 1.165) is 23.3 Å². The summed E-state index contributed by atoms with van der Waals surface area (Å²) < 4.78 is 3.72. The smallest absolute Gasteiger partial charge is 0.265 e. The summed E-state index contributed by atoms with van der Waals surface area (Å²) in [5.41, 5.74) is 0.693. The Bertz CT molecular complexity index is 315. The Morgan fingerprint density at radius 1 is 1.71 bits per heavy atom.